The predicted octanol–water partition coefficient (Wildman–Crippen LogP) is 3.92. The summed E-state index contributed by atoms with van der Waals surface area (Å²) in [6.07, 6.45) is 16.0. The molecule has 0 aromatic heterocycles. The maximum atomic E-state index is 12.4. The van der Waals surface area contributed by atoms with E-state index in [1.807, 2.05) is 0 Å². The molecule has 3 rings (SSSR count). The van der Waals surface area contributed by atoms with Crippen LogP contribution in [0.2, 0.25) is 0 Å². The number of aliphatic carboxylic acids is 1. The third-order valence-corrected chi connectivity index (χ3v) is 6.53. The lowest BCUT2D eigenvalue weighted by Crippen LogP contribution is -2.55. The molecule has 2 aliphatic heterocycles. The zero-order chi connectivity index (χ0) is 24.1. The van der Waals surface area contributed by atoms with Crippen LogP contribution in [0.1, 0.15) is 40.0 Å². The first-order chi connectivity index (χ1) is 15.7. The number of epoxide rings is 2. The van der Waals surface area contributed by atoms with Gasteiger partial charge < -0.3 is 24.1 Å². The minimum atomic E-state index is -1.00. The van der Waals surface area contributed by atoms with Gasteiger partial charge in [0, 0.05) is 19.3 Å². The molecule has 180 valence electrons. The van der Waals surface area contributed by atoms with Gasteiger partial charge in [-0.15, -0.1) is 0 Å². The summed E-state index contributed by atoms with van der Waals surface area (Å²) in [5, 5.41) is 8.51. The number of carbonyl (C=O) groups excluding carboxylic acids is 1. The van der Waals surface area contributed by atoms with Gasteiger partial charge in [0.15, 0.2) is 0 Å². The van der Waals surface area contributed by atoms with E-state index >= 15 is 0 Å². The van der Waals surface area contributed by atoms with Crippen molar-refractivity contribution in [3.8, 4) is 0 Å². The Labute approximate surface area is 195 Å². The number of carbonyl (C=O) groups is 2. The van der Waals surface area contributed by atoms with Gasteiger partial charge in [-0.05, 0) is 40.0 Å². The van der Waals surface area contributed by atoms with Crippen molar-refractivity contribution in [2.24, 2.45) is 5.92 Å². The number of methoxy groups -OCH3 is 1. The lowest BCUT2D eigenvalue weighted by atomic mass is 9.68. The van der Waals surface area contributed by atoms with Gasteiger partial charge in [0.1, 0.15) is 23.4 Å². The first-order valence-corrected chi connectivity index (χ1v) is 11.3. The summed E-state index contributed by atoms with van der Waals surface area (Å²) >= 11 is 0. The van der Waals surface area contributed by atoms with Gasteiger partial charge in [-0.2, -0.15) is 0 Å². The van der Waals surface area contributed by atoms with E-state index in [-0.39, 0.29) is 35.4 Å². The Balaban J connectivity index is 1.59. The molecule has 0 aromatic rings. The third-order valence-electron chi connectivity index (χ3n) is 6.53. The average Bonchev–Trinajstić information content (AvgIpc) is 3.67. The predicted molar refractivity (Wildman–Crippen MR) is 124 cm³/mol. The highest BCUT2D eigenvalue weighted by molar-refractivity contribution is 5.82. The van der Waals surface area contributed by atoms with Crippen molar-refractivity contribution in [3.63, 3.8) is 0 Å². The maximum absolute atomic E-state index is 12.4. The lowest BCUT2D eigenvalue weighted by molar-refractivity contribution is -0.166. The molecule has 6 atom stereocenters. The van der Waals surface area contributed by atoms with E-state index in [2.05, 4.69) is 26.8 Å². The van der Waals surface area contributed by atoms with Gasteiger partial charge in [0.05, 0.1) is 18.6 Å². The molecule has 3 fully saturated rings. The van der Waals surface area contributed by atoms with Crippen LogP contribution in [0.5, 0.6) is 0 Å². The van der Waals surface area contributed by atoms with Crippen molar-refractivity contribution in [2.75, 3.05) is 13.7 Å². The van der Waals surface area contributed by atoms with Gasteiger partial charge in [-0.25, -0.2) is 9.59 Å². The third kappa shape index (κ3) is 6.31. The Morgan fingerprint density at radius 2 is 1.73 bits per heavy atom. The molecule has 1 saturated carbocycles. The van der Waals surface area contributed by atoms with Crippen LogP contribution in [0.25, 0.3) is 0 Å². The van der Waals surface area contributed by atoms with Gasteiger partial charge in [-0.3, -0.25) is 0 Å². The molecule has 0 unspecified atom stereocenters. The molecule has 2 saturated heterocycles. The summed E-state index contributed by atoms with van der Waals surface area (Å²) in [6, 6.07) is 0. The highest BCUT2D eigenvalue weighted by Crippen LogP contribution is 2.59. The zero-order valence-electron chi connectivity index (χ0n) is 19.7. The standard InChI is InChI=1S/C26H34O7/c1-18(2)13-14-20-25(3,33-20)24-23(30-4)19(15-16-26(24)17-31-26)32-22(29)12-10-8-6-5-7-9-11-21(27)28/h5-13,19-20,23-24H,14-17H2,1-4H3,(H,27,28)/b7-5+,8-6+,11-9+,12-10+/t19-,20+,23-,24-,25+,26+/m1/s1. The monoisotopic (exact) mass is 458 g/mol. The van der Waals surface area contributed by atoms with Crippen LogP contribution in [0, 0.1) is 5.92 Å². The number of esters is 1. The van der Waals surface area contributed by atoms with E-state index in [1.165, 1.54) is 17.7 Å². The summed E-state index contributed by atoms with van der Waals surface area (Å²) in [5.74, 6) is -1.45. The molecule has 3 aliphatic rings. The van der Waals surface area contributed by atoms with Gasteiger partial charge in [0.2, 0.25) is 0 Å². The number of carboxylic acid groups (broad SMARTS) is 1. The van der Waals surface area contributed by atoms with Crippen molar-refractivity contribution in [2.45, 2.75) is 69.5 Å². The van der Waals surface area contributed by atoms with E-state index in [1.54, 1.807) is 37.5 Å². The van der Waals surface area contributed by atoms with Crippen LogP contribution in [0.4, 0.5) is 0 Å². The van der Waals surface area contributed by atoms with E-state index in [4.69, 9.17) is 24.1 Å². The molecule has 2 heterocycles. The molecule has 0 aromatic carbocycles. The second-order valence-electron chi connectivity index (χ2n) is 9.18. The summed E-state index contributed by atoms with van der Waals surface area (Å²) in [6.45, 7) is 6.96. The molecular weight excluding hydrogens is 424 g/mol. The fourth-order valence-electron chi connectivity index (χ4n) is 4.79. The largest absolute Gasteiger partial charge is 0.478 e. The average molecular weight is 459 g/mol. The Morgan fingerprint density at radius 3 is 2.30 bits per heavy atom. The van der Waals surface area contributed by atoms with Crippen LogP contribution < -0.4 is 0 Å². The SMILES string of the molecule is CO[C@@H]1[C@H](OC(=O)/C=C/C=C/C=C/C=C/C(=O)O)CC[C@]2(CO2)[C@H]1[C@@]1(C)O[C@H]1CC=C(C)C. The molecule has 1 N–H and O–H groups in total. The van der Waals surface area contributed by atoms with E-state index < -0.39 is 11.9 Å². The molecule has 33 heavy (non-hydrogen) atoms. The number of hydrogen-bond donors (Lipinski definition) is 1. The second kappa shape index (κ2) is 10.6. The number of allylic oxidation sites excluding steroid dienone is 7. The first kappa shape index (κ1) is 25.1. The molecule has 7 heteroatoms. The minimum Gasteiger partial charge on any atom is -0.478 e. The number of hydrogen-bond acceptors (Lipinski definition) is 6. The summed E-state index contributed by atoms with van der Waals surface area (Å²) < 4.78 is 23.8. The number of ether oxygens (including phenoxy) is 4. The van der Waals surface area contributed by atoms with Crippen LogP contribution in [-0.4, -0.2) is 60.3 Å². The summed E-state index contributed by atoms with van der Waals surface area (Å²) in [7, 11) is 1.65. The highest BCUT2D eigenvalue weighted by atomic mass is 16.6. The quantitative estimate of drug-likeness (QED) is 0.174. The van der Waals surface area contributed by atoms with Crippen LogP contribution in [-0.2, 0) is 28.5 Å². The van der Waals surface area contributed by atoms with Crippen LogP contribution in [0.3, 0.4) is 0 Å². The fraction of sp³-hybridized carbons (Fsp3) is 0.538. The highest BCUT2D eigenvalue weighted by Gasteiger charge is 2.72. The van der Waals surface area contributed by atoms with Crippen LogP contribution >= 0.6 is 0 Å². The van der Waals surface area contributed by atoms with Gasteiger partial charge in [0.25, 0.3) is 0 Å². The van der Waals surface area contributed by atoms with Gasteiger partial charge >= 0.3 is 11.9 Å². The fourth-order valence-corrected chi connectivity index (χ4v) is 4.79. The second-order valence-corrected chi connectivity index (χ2v) is 9.18. The molecule has 0 radical (unpaired) electrons. The smallest absolute Gasteiger partial charge is 0.331 e. The number of carboxylic acids is 1. The Kier molecular flexibility index (Phi) is 8.10. The van der Waals surface area contributed by atoms with Crippen molar-refractivity contribution in [1.29, 1.82) is 0 Å². The summed E-state index contributed by atoms with van der Waals surface area (Å²) in [5.41, 5.74) is 0.642. The topological polar surface area (TPSA) is 97.9 Å². The maximum Gasteiger partial charge on any atom is 0.331 e. The zero-order valence-corrected chi connectivity index (χ0v) is 19.7. The minimum absolute atomic E-state index is 0.00928. The summed E-state index contributed by atoms with van der Waals surface area (Å²) in [4.78, 5) is 22.8. The number of rotatable bonds is 10. The van der Waals surface area contributed by atoms with E-state index in [0.717, 1.165) is 18.9 Å². The molecule has 0 amide bonds. The van der Waals surface area contributed by atoms with Crippen molar-refractivity contribution >= 4 is 11.9 Å². The molecule has 1 aliphatic carbocycles. The lowest BCUT2D eigenvalue weighted by Gasteiger charge is -2.42. The Bertz CT molecular complexity index is 873. The van der Waals surface area contributed by atoms with Crippen molar-refractivity contribution in [1.82, 2.24) is 0 Å². The Hall–Kier alpha value is -2.48. The molecule has 1 spiro atoms. The Morgan fingerprint density at radius 1 is 1.09 bits per heavy atom. The first-order valence-electron chi connectivity index (χ1n) is 11.3. The van der Waals surface area contributed by atoms with E-state index in [9.17, 15) is 9.59 Å². The van der Waals surface area contributed by atoms with Crippen molar-refractivity contribution in [3.05, 3.63) is 60.3 Å². The van der Waals surface area contributed by atoms with Gasteiger partial charge in [-0.1, -0.05) is 48.1 Å². The van der Waals surface area contributed by atoms with Crippen molar-refractivity contribution < 1.29 is 33.6 Å². The molecule has 0 bridgehead atoms. The molecule has 7 nitrogen and oxygen atoms in total. The molecular formula is C26H34O7. The van der Waals surface area contributed by atoms with Crippen LogP contribution in [0.15, 0.2) is 60.3 Å². The normalized spacial score (nSPS) is 35.6. The van der Waals surface area contributed by atoms with E-state index in [0.29, 0.717) is 13.0 Å².